The summed E-state index contributed by atoms with van der Waals surface area (Å²) in [4.78, 5) is 18.5. The van der Waals surface area contributed by atoms with Crippen LogP contribution in [-0.2, 0) is 0 Å². The van der Waals surface area contributed by atoms with Gasteiger partial charge < -0.3 is 15.8 Å². The smallest absolute Gasteiger partial charge is 0.372 e. The summed E-state index contributed by atoms with van der Waals surface area (Å²) in [5.74, 6) is 0.550. The Morgan fingerprint density at radius 1 is 1.48 bits per heavy atom. The van der Waals surface area contributed by atoms with E-state index in [9.17, 15) is 10.1 Å². The summed E-state index contributed by atoms with van der Waals surface area (Å²) >= 11 is 0. The Kier molecular flexibility index (Phi) is 5.26. The van der Waals surface area contributed by atoms with Gasteiger partial charge in [-0.15, -0.1) is 0 Å². The topological polar surface area (TPSA) is 116 Å². The standard InChI is InChI=1S/C13H21N5O3/c1-21-13-11(18(19)20)12(15-8-16-13)17-10(7-14)9-5-3-2-4-6-9/h8-10H,2-7,14H2,1H3,(H,15,16,17). The fourth-order valence-electron chi connectivity index (χ4n) is 2.86. The van der Waals surface area contributed by atoms with E-state index >= 15 is 0 Å². The highest BCUT2D eigenvalue weighted by atomic mass is 16.6. The maximum Gasteiger partial charge on any atom is 0.372 e. The SMILES string of the molecule is COc1ncnc(NC(CN)C2CCCCC2)c1[N+](=O)[O-]. The average Bonchev–Trinajstić information content (AvgIpc) is 2.52. The van der Waals surface area contributed by atoms with Gasteiger partial charge in [0.15, 0.2) is 0 Å². The number of nitrogens with two attached hydrogens (primary N) is 1. The number of nitro groups is 1. The first-order valence-corrected chi connectivity index (χ1v) is 7.17. The molecule has 2 rings (SSSR count). The second kappa shape index (κ2) is 7.16. The number of nitrogens with one attached hydrogen (secondary N) is 1. The lowest BCUT2D eigenvalue weighted by atomic mass is 9.84. The number of rotatable bonds is 6. The Balaban J connectivity index is 2.22. The lowest BCUT2D eigenvalue weighted by molar-refractivity contribution is -0.385. The molecule has 0 bridgehead atoms. The molecule has 1 unspecified atom stereocenters. The van der Waals surface area contributed by atoms with Gasteiger partial charge in [-0.25, -0.2) is 4.98 Å². The van der Waals surface area contributed by atoms with Crippen LogP contribution < -0.4 is 15.8 Å². The normalized spacial score (nSPS) is 17.2. The number of ether oxygens (including phenoxy) is 1. The second-order valence-corrected chi connectivity index (χ2v) is 5.22. The van der Waals surface area contributed by atoms with E-state index in [4.69, 9.17) is 10.5 Å². The van der Waals surface area contributed by atoms with Crippen LogP contribution in [0.15, 0.2) is 6.33 Å². The molecule has 1 aromatic heterocycles. The van der Waals surface area contributed by atoms with Crippen LogP contribution in [0.4, 0.5) is 11.5 Å². The molecule has 1 aliphatic carbocycles. The minimum atomic E-state index is -0.532. The van der Waals surface area contributed by atoms with Gasteiger partial charge in [-0.05, 0) is 18.8 Å². The molecule has 1 saturated carbocycles. The van der Waals surface area contributed by atoms with Crippen LogP contribution in [0.25, 0.3) is 0 Å². The number of anilines is 1. The number of aromatic nitrogens is 2. The van der Waals surface area contributed by atoms with Gasteiger partial charge in [-0.1, -0.05) is 19.3 Å². The molecule has 0 amide bonds. The van der Waals surface area contributed by atoms with Crippen LogP contribution >= 0.6 is 0 Å². The van der Waals surface area contributed by atoms with Crippen LogP contribution in [0.1, 0.15) is 32.1 Å². The van der Waals surface area contributed by atoms with E-state index in [1.165, 1.54) is 32.7 Å². The molecular formula is C13H21N5O3. The van der Waals surface area contributed by atoms with Gasteiger partial charge in [0.2, 0.25) is 5.82 Å². The molecule has 116 valence electrons. The summed E-state index contributed by atoms with van der Waals surface area (Å²) in [5.41, 5.74) is 5.60. The minimum Gasteiger partial charge on any atom is -0.476 e. The van der Waals surface area contributed by atoms with E-state index in [2.05, 4.69) is 15.3 Å². The first-order chi connectivity index (χ1) is 10.2. The van der Waals surface area contributed by atoms with Crippen molar-refractivity contribution in [3.05, 3.63) is 16.4 Å². The first kappa shape index (κ1) is 15.4. The molecule has 8 heteroatoms. The molecule has 0 spiro atoms. The van der Waals surface area contributed by atoms with Gasteiger partial charge in [-0.3, -0.25) is 10.1 Å². The van der Waals surface area contributed by atoms with Crippen LogP contribution in [0.2, 0.25) is 0 Å². The maximum absolute atomic E-state index is 11.2. The molecule has 1 fully saturated rings. The highest BCUT2D eigenvalue weighted by molar-refractivity contribution is 5.61. The van der Waals surface area contributed by atoms with E-state index in [0.717, 1.165) is 12.8 Å². The van der Waals surface area contributed by atoms with Crippen molar-refractivity contribution in [1.29, 1.82) is 0 Å². The zero-order valence-electron chi connectivity index (χ0n) is 12.1. The summed E-state index contributed by atoms with van der Waals surface area (Å²) in [6.07, 6.45) is 7.03. The predicted octanol–water partition coefficient (Wildman–Crippen LogP) is 1.71. The fourth-order valence-corrected chi connectivity index (χ4v) is 2.86. The van der Waals surface area contributed by atoms with E-state index in [-0.39, 0.29) is 23.4 Å². The molecule has 3 N–H and O–H groups in total. The van der Waals surface area contributed by atoms with Crippen LogP contribution in [-0.4, -0.2) is 34.6 Å². The monoisotopic (exact) mass is 295 g/mol. The largest absolute Gasteiger partial charge is 0.476 e. The third-order valence-corrected chi connectivity index (χ3v) is 3.96. The molecule has 0 aromatic carbocycles. The van der Waals surface area contributed by atoms with Crippen LogP contribution in [0.5, 0.6) is 5.88 Å². The van der Waals surface area contributed by atoms with E-state index in [1.54, 1.807) is 0 Å². The molecule has 1 aliphatic rings. The number of hydrogen-bond donors (Lipinski definition) is 2. The Labute approximate surface area is 123 Å². The van der Waals surface area contributed by atoms with Crippen molar-refractivity contribution in [3.8, 4) is 5.88 Å². The lowest BCUT2D eigenvalue weighted by Gasteiger charge is -2.30. The van der Waals surface area contributed by atoms with Crippen molar-refractivity contribution in [2.45, 2.75) is 38.1 Å². The highest BCUT2D eigenvalue weighted by Gasteiger charge is 2.28. The Bertz CT molecular complexity index is 491. The maximum atomic E-state index is 11.2. The summed E-state index contributed by atoms with van der Waals surface area (Å²) < 4.78 is 4.94. The average molecular weight is 295 g/mol. The molecule has 1 heterocycles. The van der Waals surface area contributed by atoms with E-state index < -0.39 is 4.92 Å². The molecule has 0 aliphatic heterocycles. The molecule has 8 nitrogen and oxygen atoms in total. The zero-order chi connectivity index (χ0) is 15.2. The number of nitrogens with zero attached hydrogens (tertiary/aromatic N) is 3. The first-order valence-electron chi connectivity index (χ1n) is 7.17. The summed E-state index contributed by atoms with van der Waals surface area (Å²) in [7, 11) is 1.35. The zero-order valence-corrected chi connectivity index (χ0v) is 12.1. The van der Waals surface area contributed by atoms with E-state index in [0.29, 0.717) is 12.5 Å². The quantitative estimate of drug-likeness (QED) is 0.606. The van der Waals surface area contributed by atoms with E-state index in [1.807, 2.05) is 0 Å². The molecule has 0 radical (unpaired) electrons. The molecule has 1 atom stereocenters. The predicted molar refractivity (Wildman–Crippen MR) is 78.3 cm³/mol. The third kappa shape index (κ3) is 3.57. The van der Waals surface area contributed by atoms with Crippen LogP contribution in [0.3, 0.4) is 0 Å². The minimum absolute atomic E-state index is 0.0244. The Hall–Kier alpha value is -1.96. The molecular weight excluding hydrogens is 274 g/mol. The van der Waals surface area contributed by atoms with Gasteiger partial charge >= 0.3 is 5.69 Å². The Morgan fingerprint density at radius 2 is 2.19 bits per heavy atom. The van der Waals surface area contributed by atoms with Gasteiger partial charge in [0.1, 0.15) is 6.33 Å². The van der Waals surface area contributed by atoms with Crippen molar-refractivity contribution in [1.82, 2.24) is 9.97 Å². The summed E-state index contributed by atoms with van der Waals surface area (Å²) in [6.45, 7) is 0.411. The van der Waals surface area contributed by atoms with Crippen LogP contribution in [0, 0.1) is 16.0 Å². The molecule has 21 heavy (non-hydrogen) atoms. The fraction of sp³-hybridized carbons (Fsp3) is 0.692. The van der Waals surface area contributed by atoms with Crippen molar-refractivity contribution in [2.75, 3.05) is 19.0 Å². The summed E-state index contributed by atoms with van der Waals surface area (Å²) in [6, 6.07) is -0.0244. The summed E-state index contributed by atoms with van der Waals surface area (Å²) in [5, 5.41) is 14.3. The number of methoxy groups -OCH3 is 1. The van der Waals surface area contributed by atoms with Gasteiger partial charge in [0.25, 0.3) is 5.88 Å². The third-order valence-electron chi connectivity index (χ3n) is 3.96. The molecule has 1 aromatic rings. The van der Waals surface area contributed by atoms with Gasteiger partial charge in [0, 0.05) is 12.6 Å². The van der Waals surface area contributed by atoms with Crippen molar-refractivity contribution in [2.24, 2.45) is 11.7 Å². The second-order valence-electron chi connectivity index (χ2n) is 5.22. The van der Waals surface area contributed by atoms with Gasteiger partial charge in [-0.2, -0.15) is 4.98 Å². The van der Waals surface area contributed by atoms with Crippen molar-refractivity contribution >= 4 is 11.5 Å². The number of hydrogen-bond acceptors (Lipinski definition) is 7. The highest BCUT2D eigenvalue weighted by Crippen LogP contribution is 2.33. The molecule has 0 saturated heterocycles. The van der Waals surface area contributed by atoms with Crippen molar-refractivity contribution < 1.29 is 9.66 Å². The lowest BCUT2D eigenvalue weighted by Crippen LogP contribution is -2.37. The van der Waals surface area contributed by atoms with Crippen molar-refractivity contribution in [3.63, 3.8) is 0 Å². The van der Waals surface area contributed by atoms with Gasteiger partial charge in [0.05, 0.1) is 12.0 Å². The Morgan fingerprint density at radius 3 is 2.76 bits per heavy atom.